The van der Waals surface area contributed by atoms with E-state index in [0.717, 1.165) is 31.3 Å². The molecule has 9 heteroatoms. The Labute approximate surface area is 168 Å². The predicted molar refractivity (Wildman–Crippen MR) is 110 cm³/mol. The van der Waals surface area contributed by atoms with Gasteiger partial charge in [-0.3, -0.25) is 14.5 Å². The van der Waals surface area contributed by atoms with Gasteiger partial charge in [0.15, 0.2) is 5.11 Å². The molecule has 2 amide bonds. The fourth-order valence-electron chi connectivity index (χ4n) is 2.39. The van der Waals surface area contributed by atoms with Gasteiger partial charge in [-0.15, -0.1) is 0 Å². The normalized spacial score (nSPS) is 15.7. The highest BCUT2D eigenvalue weighted by molar-refractivity contribution is 8.18. The van der Waals surface area contributed by atoms with Gasteiger partial charge < -0.3 is 15.5 Å². The average molecular weight is 412 g/mol. The van der Waals surface area contributed by atoms with E-state index in [1.165, 1.54) is 21.9 Å². The van der Waals surface area contributed by atoms with Crippen molar-refractivity contribution < 1.29 is 18.9 Å². The molecule has 1 heterocycles. The Kier molecular flexibility index (Phi) is 8.21. The molecule has 3 N–H and O–H groups in total. The second kappa shape index (κ2) is 10.4. The Bertz CT molecular complexity index is 723. The van der Waals surface area contributed by atoms with Gasteiger partial charge in [-0.25, -0.2) is 4.39 Å². The molecule has 0 bridgehead atoms. The number of benzene rings is 1. The highest BCUT2D eigenvalue weighted by Crippen LogP contribution is 2.31. The van der Waals surface area contributed by atoms with Gasteiger partial charge in [0.05, 0.1) is 25.5 Å². The molecule has 6 nitrogen and oxygen atoms in total. The summed E-state index contributed by atoms with van der Waals surface area (Å²) in [4.78, 5) is 27.4. The summed E-state index contributed by atoms with van der Waals surface area (Å²) >= 11 is 6.07. The summed E-state index contributed by atoms with van der Waals surface area (Å²) in [5, 5.41) is 6.30. The number of quaternary nitrogens is 1. The van der Waals surface area contributed by atoms with Crippen LogP contribution in [-0.2, 0) is 4.79 Å². The Morgan fingerprint density at radius 1 is 1.22 bits per heavy atom. The first-order valence-electron chi connectivity index (χ1n) is 8.68. The zero-order valence-electron chi connectivity index (χ0n) is 15.4. The van der Waals surface area contributed by atoms with Crippen molar-refractivity contribution in [1.82, 2.24) is 15.5 Å². The quantitative estimate of drug-likeness (QED) is 0.335. The van der Waals surface area contributed by atoms with Crippen molar-refractivity contribution in [3.05, 3.63) is 40.6 Å². The van der Waals surface area contributed by atoms with Crippen LogP contribution in [0.4, 0.5) is 9.18 Å². The number of rotatable bonds is 8. The highest BCUT2D eigenvalue weighted by Gasteiger charge is 2.34. The molecular weight excluding hydrogens is 387 g/mol. The maximum atomic E-state index is 13.0. The molecular formula is C18H24FN4O2S2+. The molecule has 0 atom stereocenters. The lowest BCUT2D eigenvalue weighted by Gasteiger charge is -2.15. The summed E-state index contributed by atoms with van der Waals surface area (Å²) in [6.45, 7) is 2.44. The number of halogens is 1. The summed E-state index contributed by atoms with van der Waals surface area (Å²) < 4.78 is 13.0. The van der Waals surface area contributed by atoms with Gasteiger partial charge in [-0.1, -0.05) is 12.1 Å². The second-order valence-electron chi connectivity index (χ2n) is 6.38. The van der Waals surface area contributed by atoms with E-state index >= 15 is 0 Å². The number of nitrogens with one attached hydrogen (secondary N) is 3. The highest BCUT2D eigenvalue weighted by atomic mass is 32.2. The van der Waals surface area contributed by atoms with Crippen molar-refractivity contribution >= 4 is 46.3 Å². The first kappa shape index (κ1) is 21.3. The van der Waals surface area contributed by atoms with E-state index in [1.807, 2.05) is 0 Å². The summed E-state index contributed by atoms with van der Waals surface area (Å²) in [6, 6.07) is 5.75. The minimum Gasteiger partial charge on any atom is -0.363 e. The fourth-order valence-corrected chi connectivity index (χ4v) is 3.46. The van der Waals surface area contributed by atoms with Crippen LogP contribution in [-0.4, -0.2) is 61.4 Å². The summed E-state index contributed by atoms with van der Waals surface area (Å²) in [7, 11) is 4.19. The number of carbonyl (C=O) groups excluding carboxylic acids is 2. The number of imide groups is 1. The van der Waals surface area contributed by atoms with Crippen molar-refractivity contribution in [2.24, 2.45) is 0 Å². The minimum absolute atomic E-state index is 0.231. The molecule has 2 rings (SSSR count). The third-order valence-electron chi connectivity index (χ3n) is 3.80. The Hall–Kier alpha value is -1.97. The van der Waals surface area contributed by atoms with Gasteiger partial charge in [0.25, 0.3) is 11.1 Å². The monoisotopic (exact) mass is 411 g/mol. The number of amides is 2. The first-order valence-corrected chi connectivity index (χ1v) is 9.91. The largest absolute Gasteiger partial charge is 0.363 e. The van der Waals surface area contributed by atoms with E-state index in [2.05, 4.69) is 24.7 Å². The number of hydrogen-bond acceptors (Lipinski definition) is 4. The molecule has 0 unspecified atom stereocenters. The number of hydrogen-bond donors (Lipinski definition) is 3. The molecule has 1 aliphatic heterocycles. The van der Waals surface area contributed by atoms with E-state index in [9.17, 15) is 14.0 Å². The molecule has 0 aliphatic carbocycles. The van der Waals surface area contributed by atoms with Crippen LogP contribution in [0.15, 0.2) is 29.2 Å². The van der Waals surface area contributed by atoms with Crippen LogP contribution in [0.1, 0.15) is 12.0 Å². The lowest BCUT2D eigenvalue weighted by molar-refractivity contribution is -0.858. The third kappa shape index (κ3) is 6.93. The van der Waals surface area contributed by atoms with Crippen LogP contribution in [0.25, 0.3) is 6.08 Å². The van der Waals surface area contributed by atoms with Crippen molar-refractivity contribution in [1.29, 1.82) is 0 Å². The van der Waals surface area contributed by atoms with Crippen LogP contribution >= 0.6 is 24.0 Å². The van der Waals surface area contributed by atoms with Gasteiger partial charge in [0, 0.05) is 26.1 Å². The van der Waals surface area contributed by atoms with Crippen LogP contribution in [0, 0.1) is 5.82 Å². The molecule has 27 heavy (non-hydrogen) atoms. The maximum absolute atomic E-state index is 13.0. The van der Waals surface area contributed by atoms with E-state index in [0.29, 0.717) is 22.1 Å². The summed E-state index contributed by atoms with van der Waals surface area (Å²) in [6.07, 6.45) is 2.60. The molecule has 1 aliphatic rings. The zero-order chi connectivity index (χ0) is 19.8. The van der Waals surface area contributed by atoms with E-state index in [4.69, 9.17) is 12.2 Å². The predicted octanol–water partition coefficient (Wildman–Crippen LogP) is 0.861. The maximum Gasteiger partial charge on any atom is 0.293 e. The zero-order valence-corrected chi connectivity index (χ0v) is 17.0. The Balaban J connectivity index is 1.78. The number of carbonyl (C=O) groups is 2. The van der Waals surface area contributed by atoms with Crippen molar-refractivity contribution in [3.8, 4) is 0 Å². The smallest absolute Gasteiger partial charge is 0.293 e. The first-order chi connectivity index (χ1) is 12.9. The molecule has 0 saturated carbocycles. The Morgan fingerprint density at radius 2 is 1.89 bits per heavy atom. The lowest BCUT2D eigenvalue weighted by atomic mass is 10.2. The second-order valence-corrected chi connectivity index (χ2v) is 7.78. The van der Waals surface area contributed by atoms with Crippen LogP contribution in [0.3, 0.4) is 0 Å². The molecule has 1 aromatic carbocycles. The summed E-state index contributed by atoms with van der Waals surface area (Å²) in [5.41, 5.74) is 0.671. The molecule has 0 spiro atoms. The molecule has 146 valence electrons. The fraction of sp³-hybridized carbons (Fsp3) is 0.389. The summed E-state index contributed by atoms with van der Waals surface area (Å²) in [5.74, 6) is -0.692. The SMILES string of the molecule is C[NH+](C)CCCNC(=S)NCCN1C(=O)S/C(=C\c2ccc(F)cc2)C1=O. The van der Waals surface area contributed by atoms with E-state index in [-0.39, 0.29) is 23.5 Å². The van der Waals surface area contributed by atoms with Crippen LogP contribution in [0.5, 0.6) is 0 Å². The van der Waals surface area contributed by atoms with Gasteiger partial charge in [-0.05, 0) is 47.8 Å². The standard InChI is InChI=1S/C18H23FN4O2S2/c1-22(2)10-3-8-20-17(26)21-9-11-23-16(24)15(27-18(23)25)12-13-4-6-14(19)7-5-13/h4-7,12H,3,8-11H2,1-2H3,(H2,20,21,26)/p+1/b15-12-. The van der Waals surface area contributed by atoms with E-state index in [1.54, 1.807) is 18.2 Å². The van der Waals surface area contributed by atoms with Crippen molar-refractivity contribution in [3.63, 3.8) is 0 Å². The van der Waals surface area contributed by atoms with Gasteiger partial charge in [0.1, 0.15) is 5.82 Å². The average Bonchev–Trinajstić information content (AvgIpc) is 2.88. The van der Waals surface area contributed by atoms with Crippen molar-refractivity contribution in [2.75, 3.05) is 40.3 Å². The number of thioether (sulfide) groups is 1. The van der Waals surface area contributed by atoms with Crippen LogP contribution < -0.4 is 15.5 Å². The molecule has 1 aromatic rings. The topological polar surface area (TPSA) is 65.9 Å². The van der Waals surface area contributed by atoms with Gasteiger partial charge in [-0.2, -0.15) is 0 Å². The van der Waals surface area contributed by atoms with Crippen LogP contribution in [0.2, 0.25) is 0 Å². The minimum atomic E-state index is -0.348. The molecule has 1 saturated heterocycles. The molecule has 0 aromatic heterocycles. The third-order valence-corrected chi connectivity index (χ3v) is 5.00. The van der Waals surface area contributed by atoms with Gasteiger partial charge >= 0.3 is 0 Å². The Morgan fingerprint density at radius 3 is 2.56 bits per heavy atom. The lowest BCUT2D eigenvalue weighted by Crippen LogP contribution is -3.05. The number of nitrogens with zero attached hydrogens (tertiary/aromatic N) is 1. The van der Waals surface area contributed by atoms with Crippen molar-refractivity contribution in [2.45, 2.75) is 6.42 Å². The molecule has 0 radical (unpaired) electrons. The number of thiocarbonyl (C=S) groups is 1. The van der Waals surface area contributed by atoms with Gasteiger partial charge in [0.2, 0.25) is 0 Å². The van der Waals surface area contributed by atoms with E-state index < -0.39 is 0 Å². The molecule has 1 fully saturated rings.